The molecule has 148 valence electrons. The van der Waals surface area contributed by atoms with Crippen LogP contribution in [0.5, 0.6) is 0 Å². The largest absolute Gasteiger partial charge is 0.361 e. The lowest BCUT2D eigenvalue weighted by Gasteiger charge is -2.19. The van der Waals surface area contributed by atoms with Gasteiger partial charge in [-0.3, -0.25) is 4.79 Å². The maximum Gasteiger partial charge on any atom is 0.243 e. The Kier molecular flexibility index (Phi) is 6.78. The van der Waals surface area contributed by atoms with E-state index in [1.807, 2.05) is 20.8 Å². The standard InChI is InChI=1S/C19H27N3O4S/c1-6-22(7-2)27(24,25)17-10-8-16(9-11-17)13(3)20-19(23)12-18-14(4)21-26-15(18)5/h8-11,13H,6-7,12H2,1-5H3,(H,20,23)/t13-/m1/s1. The third-order valence-corrected chi connectivity index (χ3v) is 6.68. The maximum atomic E-state index is 12.5. The van der Waals surface area contributed by atoms with Gasteiger partial charge in [0.2, 0.25) is 15.9 Å². The van der Waals surface area contributed by atoms with E-state index >= 15 is 0 Å². The highest BCUT2D eigenvalue weighted by Crippen LogP contribution is 2.20. The maximum absolute atomic E-state index is 12.5. The minimum absolute atomic E-state index is 0.142. The van der Waals surface area contributed by atoms with E-state index in [1.54, 1.807) is 38.1 Å². The fraction of sp³-hybridized carbons (Fsp3) is 0.474. The summed E-state index contributed by atoms with van der Waals surface area (Å²) in [4.78, 5) is 12.6. The van der Waals surface area contributed by atoms with E-state index in [9.17, 15) is 13.2 Å². The topological polar surface area (TPSA) is 92.5 Å². The Morgan fingerprint density at radius 3 is 2.26 bits per heavy atom. The first kappa shape index (κ1) is 21.1. The predicted octanol–water partition coefficient (Wildman–Crippen LogP) is 2.74. The fourth-order valence-electron chi connectivity index (χ4n) is 2.93. The first-order valence-electron chi connectivity index (χ1n) is 9.01. The van der Waals surface area contributed by atoms with Crippen LogP contribution < -0.4 is 5.32 Å². The summed E-state index contributed by atoms with van der Waals surface area (Å²) in [6.07, 6.45) is 0.194. The highest BCUT2D eigenvalue weighted by Gasteiger charge is 2.22. The number of aryl methyl sites for hydroxylation is 2. The second kappa shape index (κ2) is 8.67. The van der Waals surface area contributed by atoms with Crippen molar-refractivity contribution in [2.45, 2.75) is 52.0 Å². The zero-order chi connectivity index (χ0) is 20.2. The van der Waals surface area contributed by atoms with E-state index in [0.29, 0.717) is 24.5 Å². The Bertz CT molecular complexity index is 865. The van der Waals surface area contributed by atoms with Crippen LogP contribution in [0.1, 0.15) is 49.4 Å². The summed E-state index contributed by atoms with van der Waals surface area (Å²) >= 11 is 0. The second-order valence-corrected chi connectivity index (χ2v) is 8.37. The molecule has 1 aromatic heterocycles. The molecule has 27 heavy (non-hydrogen) atoms. The minimum atomic E-state index is -3.48. The van der Waals surface area contributed by atoms with Gasteiger partial charge in [-0.15, -0.1) is 0 Å². The lowest BCUT2D eigenvalue weighted by molar-refractivity contribution is -0.121. The summed E-state index contributed by atoms with van der Waals surface area (Å²) in [7, 11) is -3.48. The van der Waals surface area contributed by atoms with Gasteiger partial charge >= 0.3 is 0 Å². The number of sulfonamides is 1. The highest BCUT2D eigenvalue weighted by molar-refractivity contribution is 7.89. The molecule has 7 nitrogen and oxygen atoms in total. The molecule has 0 saturated carbocycles. The van der Waals surface area contributed by atoms with Gasteiger partial charge in [0.25, 0.3) is 0 Å². The molecule has 1 atom stereocenters. The molecule has 0 aliphatic carbocycles. The number of rotatable bonds is 8. The summed E-state index contributed by atoms with van der Waals surface area (Å²) in [5, 5.41) is 6.78. The number of carbonyl (C=O) groups excluding carboxylic acids is 1. The Balaban J connectivity index is 2.07. The van der Waals surface area contributed by atoms with Gasteiger partial charge in [0, 0.05) is 18.7 Å². The van der Waals surface area contributed by atoms with Gasteiger partial charge in [-0.25, -0.2) is 8.42 Å². The molecule has 0 radical (unpaired) electrons. The molecule has 0 fully saturated rings. The third kappa shape index (κ3) is 4.75. The van der Waals surface area contributed by atoms with E-state index < -0.39 is 10.0 Å². The fourth-order valence-corrected chi connectivity index (χ4v) is 4.39. The second-order valence-electron chi connectivity index (χ2n) is 6.43. The Morgan fingerprint density at radius 2 is 1.78 bits per heavy atom. The molecule has 1 amide bonds. The van der Waals surface area contributed by atoms with Crippen LogP contribution in [0.4, 0.5) is 0 Å². The Morgan fingerprint density at radius 1 is 1.19 bits per heavy atom. The Hall–Kier alpha value is -2.19. The molecule has 2 rings (SSSR count). The van der Waals surface area contributed by atoms with Crippen LogP contribution in [0.15, 0.2) is 33.7 Å². The van der Waals surface area contributed by atoms with Gasteiger partial charge in [0.15, 0.2) is 0 Å². The van der Waals surface area contributed by atoms with Gasteiger partial charge < -0.3 is 9.84 Å². The number of amides is 1. The zero-order valence-corrected chi connectivity index (χ0v) is 17.3. The van der Waals surface area contributed by atoms with Crippen LogP contribution >= 0.6 is 0 Å². The molecule has 1 aromatic carbocycles. The smallest absolute Gasteiger partial charge is 0.243 e. The van der Waals surface area contributed by atoms with Crippen molar-refractivity contribution in [3.63, 3.8) is 0 Å². The zero-order valence-electron chi connectivity index (χ0n) is 16.4. The van der Waals surface area contributed by atoms with Crippen molar-refractivity contribution in [1.82, 2.24) is 14.8 Å². The van der Waals surface area contributed by atoms with E-state index in [1.165, 1.54) is 4.31 Å². The molecule has 0 bridgehead atoms. The number of hydrogen-bond acceptors (Lipinski definition) is 5. The molecule has 0 spiro atoms. The summed E-state index contributed by atoms with van der Waals surface area (Å²) in [5.41, 5.74) is 2.34. The van der Waals surface area contributed by atoms with Crippen molar-refractivity contribution in [3.8, 4) is 0 Å². The van der Waals surface area contributed by atoms with Gasteiger partial charge in [0.1, 0.15) is 5.76 Å². The van der Waals surface area contributed by atoms with Crippen molar-refractivity contribution >= 4 is 15.9 Å². The number of nitrogens with one attached hydrogen (secondary N) is 1. The number of nitrogens with zero attached hydrogens (tertiary/aromatic N) is 2. The van der Waals surface area contributed by atoms with Crippen molar-refractivity contribution in [2.24, 2.45) is 0 Å². The molecule has 2 aromatic rings. The molecule has 1 N–H and O–H groups in total. The SMILES string of the molecule is CCN(CC)S(=O)(=O)c1ccc([C@@H](C)NC(=O)Cc2c(C)noc2C)cc1. The lowest BCUT2D eigenvalue weighted by atomic mass is 10.1. The molecule has 0 saturated heterocycles. The van der Waals surface area contributed by atoms with Gasteiger partial charge in [-0.1, -0.05) is 31.1 Å². The van der Waals surface area contributed by atoms with Gasteiger partial charge in [-0.2, -0.15) is 4.31 Å². The summed E-state index contributed by atoms with van der Waals surface area (Å²) in [6, 6.07) is 6.39. The first-order chi connectivity index (χ1) is 12.7. The molecular formula is C19H27N3O4S. The van der Waals surface area contributed by atoms with Crippen LogP contribution in [-0.4, -0.2) is 36.9 Å². The minimum Gasteiger partial charge on any atom is -0.361 e. The molecule has 0 aliphatic heterocycles. The van der Waals surface area contributed by atoms with E-state index in [2.05, 4.69) is 10.5 Å². The van der Waals surface area contributed by atoms with E-state index in [0.717, 1.165) is 11.1 Å². The number of carbonyl (C=O) groups is 1. The molecule has 0 unspecified atom stereocenters. The molecular weight excluding hydrogens is 366 g/mol. The lowest BCUT2D eigenvalue weighted by Crippen LogP contribution is -2.31. The molecule has 0 aliphatic rings. The Labute approximate surface area is 160 Å². The first-order valence-corrected chi connectivity index (χ1v) is 10.5. The van der Waals surface area contributed by atoms with Crippen molar-refractivity contribution in [1.29, 1.82) is 0 Å². The van der Waals surface area contributed by atoms with E-state index in [4.69, 9.17) is 4.52 Å². The van der Waals surface area contributed by atoms with Crippen molar-refractivity contribution in [2.75, 3.05) is 13.1 Å². The number of benzene rings is 1. The summed E-state index contributed by atoms with van der Waals surface area (Å²) < 4.78 is 31.6. The van der Waals surface area contributed by atoms with Crippen LogP contribution in [0.3, 0.4) is 0 Å². The van der Waals surface area contributed by atoms with E-state index in [-0.39, 0.29) is 23.3 Å². The number of aromatic nitrogens is 1. The predicted molar refractivity (Wildman–Crippen MR) is 103 cm³/mol. The summed E-state index contributed by atoms with van der Waals surface area (Å²) in [5.74, 6) is 0.498. The highest BCUT2D eigenvalue weighted by atomic mass is 32.2. The molecule has 8 heteroatoms. The average Bonchev–Trinajstić information content (AvgIpc) is 2.94. The van der Waals surface area contributed by atoms with Crippen LogP contribution in [0.2, 0.25) is 0 Å². The van der Waals surface area contributed by atoms with Crippen molar-refractivity contribution < 1.29 is 17.7 Å². The van der Waals surface area contributed by atoms with Gasteiger partial charge in [-0.05, 0) is 38.5 Å². The van der Waals surface area contributed by atoms with Crippen LogP contribution in [0.25, 0.3) is 0 Å². The normalized spacial score (nSPS) is 13.0. The monoisotopic (exact) mass is 393 g/mol. The quantitative estimate of drug-likeness (QED) is 0.744. The van der Waals surface area contributed by atoms with Crippen LogP contribution in [0, 0.1) is 13.8 Å². The van der Waals surface area contributed by atoms with Crippen molar-refractivity contribution in [3.05, 3.63) is 46.8 Å². The third-order valence-electron chi connectivity index (χ3n) is 4.62. The van der Waals surface area contributed by atoms with Gasteiger partial charge in [0.05, 0.1) is 23.1 Å². The average molecular weight is 394 g/mol. The van der Waals surface area contributed by atoms with Crippen LogP contribution in [-0.2, 0) is 21.2 Å². The molecule has 1 heterocycles. The number of hydrogen-bond donors (Lipinski definition) is 1. The summed E-state index contributed by atoms with van der Waals surface area (Å²) in [6.45, 7) is 9.92.